The van der Waals surface area contributed by atoms with E-state index in [4.69, 9.17) is 0 Å². The largest absolute Gasteiger partial charge is 0.265 e. The third kappa shape index (κ3) is 4.06. The van der Waals surface area contributed by atoms with Crippen LogP contribution in [0, 0.1) is 5.41 Å². The molecule has 2 nitrogen and oxygen atoms in total. The molecule has 0 bridgehead atoms. The first kappa shape index (κ1) is 24.5. The first-order chi connectivity index (χ1) is 17.8. The van der Waals surface area contributed by atoms with E-state index in [0.29, 0.717) is 11.8 Å². The molecule has 0 fully saturated rings. The number of nitrogens with zero attached hydrogens (tertiary/aromatic N) is 2. The molecule has 2 aromatic heterocycles. The highest BCUT2D eigenvalue weighted by molar-refractivity contribution is 9.10. The maximum Gasteiger partial charge on any atom is 0.0273 e. The van der Waals surface area contributed by atoms with Crippen molar-refractivity contribution >= 4 is 44.0 Å². The number of rotatable bonds is 4. The molecule has 0 radical (unpaired) electrons. The van der Waals surface area contributed by atoms with Gasteiger partial charge in [-0.3, -0.25) is 9.97 Å². The summed E-state index contributed by atoms with van der Waals surface area (Å²) in [5.74, 6) is 0.589. The lowest BCUT2D eigenvalue weighted by Gasteiger charge is -2.41. The molecule has 0 saturated carbocycles. The minimum atomic E-state index is -0.0513. The highest BCUT2D eigenvalue weighted by atomic mass is 79.9. The minimum absolute atomic E-state index is 0.0513. The molecule has 0 spiro atoms. The second-order valence-corrected chi connectivity index (χ2v) is 12.6. The fourth-order valence-corrected chi connectivity index (χ4v) is 7.92. The molecule has 2 unspecified atom stereocenters. The number of allylic oxidation sites excluding steroid dienone is 2. The molecule has 2 aliphatic rings. The van der Waals surface area contributed by atoms with Crippen LogP contribution < -0.4 is 0 Å². The molecule has 2 aliphatic carbocycles. The smallest absolute Gasteiger partial charge is 0.0273 e. The van der Waals surface area contributed by atoms with Gasteiger partial charge in [-0.15, -0.1) is 0 Å². The molecule has 2 aromatic carbocycles. The van der Waals surface area contributed by atoms with Crippen molar-refractivity contribution < 1.29 is 0 Å². The molecule has 37 heavy (non-hydrogen) atoms. The van der Waals surface area contributed by atoms with E-state index < -0.39 is 0 Å². The Balaban J connectivity index is 1.48. The Hall–Kier alpha value is -2.82. The van der Waals surface area contributed by atoms with Gasteiger partial charge >= 0.3 is 0 Å². The summed E-state index contributed by atoms with van der Waals surface area (Å²) in [6.45, 7) is 9.48. The highest BCUT2D eigenvalue weighted by Gasteiger charge is 2.45. The third-order valence-corrected chi connectivity index (χ3v) is 9.43. The molecular weight excluding hydrogens is 584 g/mol. The van der Waals surface area contributed by atoms with E-state index in [9.17, 15) is 0 Å². The Morgan fingerprint density at radius 2 is 0.973 bits per heavy atom. The van der Waals surface area contributed by atoms with Gasteiger partial charge in [-0.2, -0.15) is 0 Å². The van der Waals surface area contributed by atoms with E-state index >= 15 is 0 Å². The molecule has 6 rings (SSSR count). The molecule has 2 heterocycles. The summed E-state index contributed by atoms with van der Waals surface area (Å²) in [6.07, 6.45) is 12.2. The number of hydrogen-bond donors (Lipinski definition) is 0. The summed E-state index contributed by atoms with van der Waals surface area (Å²) >= 11 is 7.80. The zero-order valence-corrected chi connectivity index (χ0v) is 24.6. The van der Waals surface area contributed by atoms with Crippen LogP contribution in [0.2, 0.25) is 0 Å². The second kappa shape index (κ2) is 9.18. The van der Waals surface area contributed by atoms with Crippen LogP contribution in [-0.2, 0) is 0 Å². The predicted octanol–water partition coefficient (Wildman–Crippen LogP) is 10.1. The normalized spacial score (nSPS) is 18.3. The van der Waals surface area contributed by atoms with Crippen molar-refractivity contribution in [2.75, 3.05) is 0 Å². The fraction of sp³-hybridized carbons (Fsp3) is 0.212. The zero-order chi connectivity index (χ0) is 25.9. The van der Waals surface area contributed by atoms with Crippen LogP contribution >= 0.6 is 31.9 Å². The van der Waals surface area contributed by atoms with Gasteiger partial charge < -0.3 is 0 Å². The lowest BCUT2D eigenvalue weighted by Crippen LogP contribution is -2.30. The van der Waals surface area contributed by atoms with Gasteiger partial charge in [-0.25, -0.2) is 0 Å². The molecule has 0 aliphatic heterocycles. The SMILES string of the molecule is CC1=Cc2c(Br)cc(-c3ccncc3)cc2C1C(C)(C)C1C(C)=Cc2c(Br)cc(-c3ccncc3)cc21. The Morgan fingerprint density at radius 1 is 0.595 bits per heavy atom. The van der Waals surface area contributed by atoms with Crippen LogP contribution in [0.15, 0.2) is 93.4 Å². The molecule has 0 amide bonds. The van der Waals surface area contributed by atoms with Crippen molar-refractivity contribution in [1.82, 2.24) is 9.97 Å². The summed E-state index contributed by atoms with van der Waals surface area (Å²) in [5.41, 5.74) is 13.0. The van der Waals surface area contributed by atoms with Gasteiger partial charge in [-0.05, 0) is 112 Å². The number of hydrogen-bond acceptors (Lipinski definition) is 2. The number of aromatic nitrogens is 2. The maximum atomic E-state index is 4.21. The second-order valence-electron chi connectivity index (χ2n) is 10.9. The van der Waals surface area contributed by atoms with Crippen LogP contribution in [0.1, 0.15) is 61.8 Å². The number of pyridine rings is 2. The lowest BCUT2D eigenvalue weighted by atomic mass is 9.62. The molecule has 2 atom stereocenters. The fourth-order valence-electron chi connectivity index (χ4n) is 6.74. The highest BCUT2D eigenvalue weighted by Crippen LogP contribution is 2.60. The lowest BCUT2D eigenvalue weighted by molar-refractivity contribution is 0.275. The molecule has 0 saturated heterocycles. The van der Waals surface area contributed by atoms with Crippen molar-refractivity contribution in [1.29, 1.82) is 0 Å². The molecule has 4 heteroatoms. The maximum absolute atomic E-state index is 4.21. The predicted molar refractivity (Wildman–Crippen MR) is 161 cm³/mol. The summed E-state index contributed by atoms with van der Waals surface area (Å²) < 4.78 is 2.30. The number of fused-ring (bicyclic) bond motifs is 2. The zero-order valence-electron chi connectivity index (χ0n) is 21.4. The molecule has 0 N–H and O–H groups in total. The number of halogens is 2. The van der Waals surface area contributed by atoms with Crippen molar-refractivity contribution in [3.05, 3.63) is 116 Å². The van der Waals surface area contributed by atoms with E-state index in [0.717, 1.165) is 8.95 Å². The van der Waals surface area contributed by atoms with Crippen LogP contribution in [0.4, 0.5) is 0 Å². The quantitative estimate of drug-likeness (QED) is 0.229. The van der Waals surface area contributed by atoms with Crippen LogP contribution in [0.3, 0.4) is 0 Å². The van der Waals surface area contributed by atoms with Gasteiger partial charge in [-0.1, -0.05) is 69.0 Å². The molecule has 4 aromatic rings. The minimum Gasteiger partial charge on any atom is -0.265 e. The van der Waals surface area contributed by atoms with E-state index in [-0.39, 0.29) is 5.41 Å². The van der Waals surface area contributed by atoms with Crippen molar-refractivity contribution in [3.8, 4) is 22.3 Å². The van der Waals surface area contributed by atoms with Crippen LogP contribution in [0.25, 0.3) is 34.4 Å². The molecular formula is C33H28Br2N2. The Morgan fingerprint density at radius 3 is 1.35 bits per heavy atom. The molecule has 184 valence electrons. The van der Waals surface area contributed by atoms with E-state index in [1.165, 1.54) is 55.7 Å². The van der Waals surface area contributed by atoms with Gasteiger partial charge in [0.15, 0.2) is 0 Å². The first-order valence-electron chi connectivity index (χ1n) is 12.6. The summed E-state index contributed by atoms with van der Waals surface area (Å²) in [7, 11) is 0. The average molecular weight is 612 g/mol. The summed E-state index contributed by atoms with van der Waals surface area (Å²) in [4.78, 5) is 8.43. The average Bonchev–Trinajstić information content (AvgIpc) is 3.42. The van der Waals surface area contributed by atoms with Crippen LogP contribution in [0.5, 0.6) is 0 Å². The van der Waals surface area contributed by atoms with Gasteiger partial charge in [0.25, 0.3) is 0 Å². The van der Waals surface area contributed by atoms with E-state index in [1.807, 2.05) is 24.8 Å². The summed E-state index contributed by atoms with van der Waals surface area (Å²) in [5, 5.41) is 0. The Labute approximate surface area is 235 Å². The van der Waals surface area contributed by atoms with Gasteiger partial charge in [0.05, 0.1) is 0 Å². The monoisotopic (exact) mass is 610 g/mol. The standard InChI is InChI=1S/C33H28Br2N2/c1-19-13-25-27(15-23(17-29(25)34)21-5-9-36-10-6-21)31(19)33(3,4)32-20(2)14-26-28(32)16-24(18-30(26)35)22-7-11-37-12-8-22/h5-18,31-32H,1-4H3. The van der Waals surface area contributed by atoms with Gasteiger partial charge in [0.2, 0.25) is 0 Å². The van der Waals surface area contributed by atoms with E-state index in [2.05, 4.69) is 130 Å². The van der Waals surface area contributed by atoms with Crippen molar-refractivity contribution in [3.63, 3.8) is 0 Å². The van der Waals surface area contributed by atoms with Crippen molar-refractivity contribution in [2.24, 2.45) is 5.41 Å². The van der Waals surface area contributed by atoms with E-state index in [1.54, 1.807) is 0 Å². The van der Waals surface area contributed by atoms with Crippen molar-refractivity contribution in [2.45, 2.75) is 39.5 Å². The Bertz CT molecular complexity index is 1470. The summed E-state index contributed by atoms with van der Waals surface area (Å²) in [6, 6.07) is 17.6. The van der Waals surface area contributed by atoms with Gasteiger partial charge in [0, 0.05) is 45.6 Å². The van der Waals surface area contributed by atoms with Gasteiger partial charge in [0.1, 0.15) is 0 Å². The van der Waals surface area contributed by atoms with Crippen LogP contribution in [-0.4, -0.2) is 9.97 Å². The third-order valence-electron chi connectivity index (χ3n) is 8.12. The topological polar surface area (TPSA) is 25.8 Å². The first-order valence-corrected chi connectivity index (χ1v) is 14.2. The number of benzene rings is 2. The Kier molecular flexibility index (Phi) is 6.08.